The summed E-state index contributed by atoms with van der Waals surface area (Å²) in [5.41, 5.74) is 2.62. The van der Waals surface area contributed by atoms with E-state index in [0.717, 1.165) is 24.6 Å². The van der Waals surface area contributed by atoms with E-state index in [1.54, 1.807) is 11.3 Å². The van der Waals surface area contributed by atoms with Crippen molar-refractivity contribution in [2.45, 2.75) is 39.8 Å². The molecule has 1 unspecified atom stereocenters. The van der Waals surface area contributed by atoms with Crippen LogP contribution in [0.25, 0.3) is 0 Å². The second kappa shape index (κ2) is 7.57. The van der Waals surface area contributed by atoms with Crippen LogP contribution < -0.4 is 10.2 Å². The van der Waals surface area contributed by atoms with E-state index >= 15 is 0 Å². The maximum atomic E-state index is 4.56. The topological polar surface area (TPSA) is 28.2 Å². The summed E-state index contributed by atoms with van der Waals surface area (Å²) in [7, 11) is 2.10. The largest absolute Gasteiger partial charge is 0.347 e. The molecule has 0 saturated carbocycles. The SMILES string of the molecule is CCCNC(C)c1cnc(N(C)Cc2ccc(C)cc2)s1. The second-order valence-electron chi connectivity index (χ2n) is 5.56. The highest BCUT2D eigenvalue weighted by atomic mass is 32.1. The van der Waals surface area contributed by atoms with E-state index in [4.69, 9.17) is 0 Å². The number of rotatable bonds is 7. The molecule has 0 aliphatic rings. The molecule has 1 N–H and O–H groups in total. The molecule has 2 rings (SSSR count). The molecule has 0 saturated heterocycles. The monoisotopic (exact) mass is 303 g/mol. The first-order valence-corrected chi connectivity index (χ1v) is 8.37. The zero-order valence-electron chi connectivity index (χ0n) is 13.4. The number of hydrogen-bond donors (Lipinski definition) is 1. The van der Waals surface area contributed by atoms with Crippen LogP contribution in [0.1, 0.15) is 42.3 Å². The third-order valence-corrected chi connectivity index (χ3v) is 4.80. The van der Waals surface area contributed by atoms with Gasteiger partial charge in [0.25, 0.3) is 0 Å². The number of nitrogens with zero attached hydrogens (tertiary/aromatic N) is 2. The zero-order chi connectivity index (χ0) is 15.2. The van der Waals surface area contributed by atoms with E-state index < -0.39 is 0 Å². The number of thiazole rings is 1. The van der Waals surface area contributed by atoms with E-state index in [1.165, 1.54) is 16.0 Å². The van der Waals surface area contributed by atoms with Crippen molar-refractivity contribution in [3.63, 3.8) is 0 Å². The molecule has 0 bridgehead atoms. The lowest BCUT2D eigenvalue weighted by Gasteiger charge is -2.16. The summed E-state index contributed by atoms with van der Waals surface area (Å²) in [6.45, 7) is 8.45. The predicted molar refractivity (Wildman–Crippen MR) is 92.1 cm³/mol. The summed E-state index contributed by atoms with van der Waals surface area (Å²) < 4.78 is 0. The van der Waals surface area contributed by atoms with Crippen LogP contribution in [-0.4, -0.2) is 18.6 Å². The average Bonchev–Trinajstić information content (AvgIpc) is 2.97. The molecule has 1 atom stereocenters. The molecular weight excluding hydrogens is 278 g/mol. The number of aryl methyl sites for hydroxylation is 1. The number of aromatic nitrogens is 1. The van der Waals surface area contributed by atoms with Gasteiger partial charge in [0.05, 0.1) is 0 Å². The molecule has 4 heteroatoms. The van der Waals surface area contributed by atoms with Gasteiger partial charge in [-0.1, -0.05) is 36.8 Å². The molecule has 2 aromatic rings. The van der Waals surface area contributed by atoms with Gasteiger partial charge in [-0.2, -0.15) is 0 Å². The Kier molecular flexibility index (Phi) is 5.76. The molecule has 21 heavy (non-hydrogen) atoms. The Labute approximate surface area is 132 Å². The minimum atomic E-state index is 0.379. The number of nitrogens with one attached hydrogen (secondary N) is 1. The summed E-state index contributed by atoms with van der Waals surface area (Å²) in [5, 5.41) is 4.59. The Balaban J connectivity index is 1.98. The van der Waals surface area contributed by atoms with Crippen molar-refractivity contribution in [3.8, 4) is 0 Å². The van der Waals surface area contributed by atoms with Crippen LogP contribution in [0.3, 0.4) is 0 Å². The maximum Gasteiger partial charge on any atom is 0.185 e. The minimum absolute atomic E-state index is 0.379. The Morgan fingerprint density at radius 1 is 1.29 bits per heavy atom. The first-order valence-electron chi connectivity index (χ1n) is 7.56. The van der Waals surface area contributed by atoms with E-state index in [0.29, 0.717) is 6.04 Å². The van der Waals surface area contributed by atoms with Gasteiger partial charge in [0.2, 0.25) is 0 Å². The van der Waals surface area contributed by atoms with Gasteiger partial charge in [0.15, 0.2) is 5.13 Å². The molecule has 0 radical (unpaired) electrons. The molecule has 1 heterocycles. The van der Waals surface area contributed by atoms with Crippen molar-refractivity contribution in [3.05, 3.63) is 46.5 Å². The highest BCUT2D eigenvalue weighted by Gasteiger charge is 2.12. The van der Waals surface area contributed by atoms with Gasteiger partial charge in [-0.15, -0.1) is 11.3 Å². The molecule has 0 aliphatic heterocycles. The molecule has 114 valence electrons. The summed E-state index contributed by atoms with van der Waals surface area (Å²) in [6, 6.07) is 9.07. The van der Waals surface area contributed by atoms with Crippen LogP contribution in [0.15, 0.2) is 30.5 Å². The van der Waals surface area contributed by atoms with Gasteiger partial charge in [0.1, 0.15) is 0 Å². The Bertz CT molecular complexity index is 547. The second-order valence-corrected chi connectivity index (χ2v) is 6.60. The van der Waals surface area contributed by atoms with Crippen molar-refractivity contribution in [1.82, 2.24) is 10.3 Å². The van der Waals surface area contributed by atoms with Crippen molar-refractivity contribution in [2.75, 3.05) is 18.5 Å². The predicted octanol–water partition coefficient (Wildman–Crippen LogP) is 4.15. The van der Waals surface area contributed by atoms with Crippen LogP contribution in [0.5, 0.6) is 0 Å². The third kappa shape index (κ3) is 4.55. The average molecular weight is 303 g/mol. The lowest BCUT2D eigenvalue weighted by molar-refractivity contribution is 0.577. The molecular formula is C17H25N3S. The number of hydrogen-bond acceptors (Lipinski definition) is 4. The molecule has 1 aromatic heterocycles. The van der Waals surface area contributed by atoms with Crippen molar-refractivity contribution in [2.24, 2.45) is 0 Å². The van der Waals surface area contributed by atoms with Gasteiger partial charge in [-0.25, -0.2) is 4.98 Å². The summed E-state index contributed by atoms with van der Waals surface area (Å²) >= 11 is 1.77. The van der Waals surface area contributed by atoms with Crippen LogP contribution in [-0.2, 0) is 6.54 Å². The van der Waals surface area contributed by atoms with Crippen LogP contribution >= 0.6 is 11.3 Å². The smallest absolute Gasteiger partial charge is 0.185 e. The van der Waals surface area contributed by atoms with Gasteiger partial charge in [-0.05, 0) is 32.4 Å². The highest BCUT2D eigenvalue weighted by Crippen LogP contribution is 2.27. The summed E-state index contributed by atoms with van der Waals surface area (Å²) in [6.07, 6.45) is 3.16. The fourth-order valence-corrected chi connectivity index (χ4v) is 3.05. The van der Waals surface area contributed by atoms with E-state index in [-0.39, 0.29) is 0 Å². The Hall–Kier alpha value is -1.39. The fourth-order valence-electron chi connectivity index (χ4n) is 2.15. The fraction of sp³-hybridized carbons (Fsp3) is 0.471. The van der Waals surface area contributed by atoms with Crippen LogP contribution in [0.2, 0.25) is 0 Å². The Morgan fingerprint density at radius 3 is 2.67 bits per heavy atom. The number of benzene rings is 1. The van der Waals surface area contributed by atoms with Crippen LogP contribution in [0, 0.1) is 6.92 Å². The Morgan fingerprint density at radius 2 is 2.00 bits per heavy atom. The van der Waals surface area contributed by atoms with E-state index in [2.05, 4.69) is 67.3 Å². The van der Waals surface area contributed by atoms with Gasteiger partial charge < -0.3 is 10.2 Å². The van der Waals surface area contributed by atoms with Crippen molar-refractivity contribution in [1.29, 1.82) is 0 Å². The van der Waals surface area contributed by atoms with Crippen LogP contribution in [0.4, 0.5) is 5.13 Å². The van der Waals surface area contributed by atoms with Gasteiger partial charge in [-0.3, -0.25) is 0 Å². The molecule has 0 spiro atoms. The minimum Gasteiger partial charge on any atom is -0.347 e. The number of anilines is 1. The molecule has 0 amide bonds. The van der Waals surface area contributed by atoms with Crippen molar-refractivity contribution < 1.29 is 0 Å². The summed E-state index contributed by atoms with van der Waals surface area (Å²) in [5.74, 6) is 0. The van der Waals surface area contributed by atoms with Gasteiger partial charge >= 0.3 is 0 Å². The first-order chi connectivity index (χ1) is 10.1. The van der Waals surface area contributed by atoms with Gasteiger partial charge in [0, 0.05) is 30.7 Å². The molecule has 0 aliphatic carbocycles. The highest BCUT2D eigenvalue weighted by molar-refractivity contribution is 7.15. The third-order valence-electron chi connectivity index (χ3n) is 3.51. The summed E-state index contributed by atoms with van der Waals surface area (Å²) in [4.78, 5) is 8.08. The van der Waals surface area contributed by atoms with E-state index in [9.17, 15) is 0 Å². The molecule has 3 nitrogen and oxygen atoms in total. The normalized spacial score (nSPS) is 12.4. The lowest BCUT2D eigenvalue weighted by Crippen LogP contribution is -2.18. The molecule has 1 aromatic carbocycles. The van der Waals surface area contributed by atoms with Crippen molar-refractivity contribution >= 4 is 16.5 Å². The maximum absolute atomic E-state index is 4.56. The quantitative estimate of drug-likeness (QED) is 0.833. The lowest BCUT2D eigenvalue weighted by atomic mass is 10.1. The standard InChI is InChI=1S/C17H25N3S/c1-5-10-18-14(3)16-11-19-17(21-16)20(4)12-15-8-6-13(2)7-9-15/h6-9,11,14,18H,5,10,12H2,1-4H3. The first kappa shape index (κ1) is 16.0. The zero-order valence-corrected chi connectivity index (χ0v) is 14.2. The molecule has 0 fully saturated rings. The van der Waals surface area contributed by atoms with E-state index in [1.807, 2.05) is 6.20 Å².